The van der Waals surface area contributed by atoms with E-state index < -0.39 is 6.23 Å². The van der Waals surface area contributed by atoms with Crippen molar-refractivity contribution >= 4 is 23.4 Å². The molecule has 6 nitrogen and oxygen atoms in total. The maximum atomic E-state index is 13.6. The van der Waals surface area contributed by atoms with Crippen LogP contribution in [0.1, 0.15) is 38.1 Å². The predicted molar refractivity (Wildman–Crippen MR) is 118 cm³/mol. The van der Waals surface area contributed by atoms with Gasteiger partial charge in [-0.25, -0.2) is 4.39 Å². The first kappa shape index (κ1) is 21.2. The number of thioether (sulfide) groups is 1. The summed E-state index contributed by atoms with van der Waals surface area (Å²) in [4.78, 5) is 18.9. The lowest BCUT2D eigenvalue weighted by atomic mass is 10.0. The summed E-state index contributed by atoms with van der Waals surface area (Å²) in [5.41, 5.74) is 3.48. The Morgan fingerprint density at radius 2 is 1.94 bits per heavy atom. The normalized spacial score (nSPS) is 15.2. The van der Waals surface area contributed by atoms with E-state index in [1.807, 2.05) is 25.1 Å². The molecule has 160 valence electrons. The summed E-state index contributed by atoms with van der Waals surface area (Å²) in [6, 6.07) is 11.6. The summed E-state index contributed by atoms with van der Waals surface area (Å²) < 4.78 is 19.8. The van der Waals surface area contributed by atoms with Crippen molar-refractivity contribution in [2.75, 3.05) is 10.7 Å². The molecule has 2 aromatic carbocycles. The number of halogens is 1. The Morgan fingerprint density at radius 3 is 2.61 bits per heavy atom. The Kier molecular flexibility index (Phi) is 5.91. The van der Waals surface area contributed by atoms with Crippen molar-refractivity contribution in [3.63, 3.8) is 0 Å². The van der Waals surface area contributed by atoms with E-state index in [1.165, 1.54) is 30.8 Å². The summed E-state index contributed by atoms with van der Waals surface area (Å²) >= 11 is 1.50. The number of carbonyl (C=O) groups excluding carboxylic acids is 1. The van der Waals surface area contributed by atoms with Crippen LogP contribution in [0.2, 0.25) is 0 Å². The van der Waals surface area contributed by atoms with Crippen molar-refractivity contribution in [3.8, 4) is 17.1 Å². The maximum absolute atomic E-state index is 13.6. The average molecular weight is 439 g/mol. The number of ether oxygens (including phenoxy) is 1. The zero-order valence-electron chi connectivity index (χ0n) is 17.8. The minimum Gasteiger partial charge on any atom is -0.447 e. The summed E-state index contributed by atoms with van der Waals surface area (Å²) in [6.45, 7) is 7.68. The third-order valence-corrected chi connectivity index (χ3v) is 6.06. The van der Waals surface area contributed by atoms with E-state index in [1.54, 1.807) is 17.0 Å². The number of anilines is 1. The van der Waals surface area contributed by atoms with Crippen LogP contribution in [0, 0.1) is 18.7 Å². The fourth-order valence-electron chi connectivity index (χ4n) is 3.36. The summed E-state index contributed by atoms with van der Waals surface area (Å²) in [7, 11) is 0. The first-order chi connectivity index (χ1) is 14.8. The molecule has 4 rings (SSSR count). The number of fused-ring (bicyclic) bond motifs is 3. The molecule has 0 N–H and O–H groups in total. The van der Waals surface area contributed by atoms with Crippen LogP contribution in [-0.2, 0) is 4.79 Å². The van der Waals surface area contributed by atoms with Gasteiger partial charge in [-0.15, -0.1) is 10.2 Å². The van der Waals surface area contributed by atoms with Crippen molar-refractivity contribution in [2.45, 2.75) is 39.1 Å². The van der Waals surface area contributed by atoms with Crippen LogP contribution in [0.4, 0.5) is 10.1 Å². The van der Waals surface area contributed by atoms with Crippen LogP contribution in [0.15, 0.2) is 47.6 Å². The molecule has 0 saturated heterocycles. The van der Waals surface area contributed by atoms with E-state index in [2.05, 4.69) is 29.0 Å². The predicted octanol–water partition coefficient (Wildman–Crippen LogP) is 5.18. The van der Waals surface area contributed by atoms with E-state index in [4.69, 9.17) is 4.74 Å². The molecule has 0 fully saturated rings. The van der Waals surface area contributed by atoms with Crippen LogP contribution < -0.4 is 9.64 Å². The molecule has 1 aromatic heterocycles. The number of amides is 1. The Labute approximate surface area is 184 Å². The first-order valence-electron chi connectivity index (χ1n) is 10.0. The smallest absolute Gasteiger partial charge is 0.247 e. The number of carbonyl (C=O) groups is 1. The van der Waals surface area contributed by atoms with Gasteiger partial charge in [-0.2, -0.15) is 4.98 Å². The van der Waals surface area contributed by atoms with Crippen LogP contribution in [-0.4, -0.2) is 26.8 Å². The number of hydrogen-bond donors (Lipinski definition) is 0. The van der Waals surface area contributed by atoms with Gasteiger partial charge in [-0.3, -0.25) is 9.69 Å². The molecule has 1 unspecified atom stereocenters. The summed E-state index contributed by atoms with van der Waals surface area (Å²) in [5, 5.41) is 9.21. The van der Waals surface area contributed by atoms with E-state index in [0.29, 0.717) is 33.9 Å². The van der Waals surface area contributed by atoms with Gasteiger partial charge < -0.3 is 4.74 Å². The molecule has 0 aliphatic carbocycles. The largest absolute Gasteiger partial charge is 0.447 e. The Balaban J connectivity index is 1.89. The highest BCUT2D eigenvalue weighted by molar-refractivity contribution is 7.99. The third kappa shape index (κ3) is 4.39. The van der Waals surface area contributed by atoms with Gasteiger partial charge in [0.05, 0.1) is 5.69 Å². The number of hydrogen-bond acceptors (Lipinski definition) is 6. The molecular weight excluding hydrogens is 415 g/mol. The zero-order chi connectivity index (χ0) is 22.1. The molecule has 31 heavy (non-hydrogen) atoms. The minimum absolute atomic E-state index is 0.213. The molecule has 0 bridgehead atoms. The van der Waals surface area contributed by atoms with Crippen molar-refractivity contribution in [3.05, 3.63) is 59.4 Å². The Bertz CT molecular complexity index is 1120. The number of benzene rings is 2. The molecule has 0 radical (unpaired) electrons. The van der Waals surface area contributed by atoms with Crippen LogP contribution in [0.25, 0.3) is 11.3 Å². The topological polar surface area (TPSA) is 68.2 Å². The lowest BCUT2D eigenvalue weighted by Crippen LogP contribution is -2.36. The highest BCUT2D eigenvalue weighted by Crippen LogP contribution is 2.43. The summed E-state index contributed by atoms with van der Waals surface area (Å²) in [5.74, 6) is 1.04. The molecule has 1 amide bonds. The minimum atomic E-state index is -0.819. The van der Waals surface area contributed by atoms with Crippen molar-refractivity contribution in [1.29, 1.82) is 0 Å². The molecule has 8 heteroatoms. The van der Waals surface area contributed by atoms with Gasteiger partial charge in [0.2, 0.25) is 23.2 Å². The van der Waals surface area contributed by atoms with Crippen molar-refractivity contribution < 1.29 is 13.9 Å². The van der Waals surface area contributed by atoms with Gasteiger partial charge in [-0.1, -0.05) is 49.4 Å². The lowest BCUT2D eigenvalue weighted by Gasteiger charge is -2.30. The summed E-state index contributed by atoms with van der Waals surface area (Å²) in [6.07, 6.45) is -0.819. The second-order valence-corrected chi connectivity index (χ2v) is 8.87. The molecule has 3 aromatic rings. The van der Waals surface area contributed by atoms with E-state index in [9.17, 15) is 9.18 Å². The van der Waals surface area contributed by atoms with Gasteiger partial charge in [0.15, 0.2) is 5.69 Å². The Hall–Kier alpha value is -3.00. The lowest BCUT2D eigenvalue weighted by molar-refractivity contribution is -0.118. The standard InChI is InChI=1S/C23H23FN4O2S/c1-13(2)12-31-23-25-21-20(26-27-23)18-11-14(3)5-10-19(18)28(15(4)29)22(30-21)16-6-8-17(24)9-7-16/h5-11,13,22H,12H2,1-4H3. The van der Waals surface area contributed by atoms with Crippen LogP contribution in [0.5, 0.6) is 5.88 Å². The molecule has 2 heterocycles. The molecular formula is C23H23FN4O2S. The number of aromatic nitrogens is 3. The van der Waals surface area contributed by atoms with E-state index in [-0.39, 0.29) is 11.7 Å². The highest BCUT2D eigenvalue weighted by atomic mass is 32.2. The van der Waals surface area contributed by atoms with Gasteiger partial charge in [0.1, 0.15) is 5.82 Å². The zero-order valence-corrected chi connectivity index (χ0v) is 18.6. The van der Waals surface area contributed by atoms with Crippen molar-refractivity contribution in [1.82, 2.24) is 15.2 Å². The second kappa shape index (κ2) is 8.63. The quantitative estimate of drug-likeness (QED) is 0.523. The fraction of sp³-hybridized carbons (Fsp3) is 0.304. The Morgan fingerprint density at radius 1 is 1.19 bits per heavy atom. The van der Waals surface area contributed by atoms with Crippen LogP contribution >= 0.6 is 11.8 Å². The fourth-order valence-corrected chi connectivity index (χ4v) is 4.09. The SMILES string of the molecule is CC(=O)N1c2ccc(C)cc2-c2nnc(SCC(C)C)nc2OC1c1ccc(F)cc1. The second-order valence-electron chi connectivity index (χ2n) is 7.88. The number of rotatable bonds is 4. The monoisotopic (exact) mass is 438 g/mol. The molecule has 1 atom stereocenters. The first-order valence-corrected chi connectivity index (χ1v) is 11.0. The van der Waals surface area contributed by atoms with E-state index >= 15 is 0 Å². The molecule has 1 aliphatic heterocycles. The molecule has 1 aliphatic rings. The van der Waals surface area contributed by atoms with Gasteiger partial charge in [0.25, 0.3) is 0 Å². The number of nitrogens with zero attached hydrogens (tertiary/aromatic N) is 4. The van der Waals surface area contributed by atoms with E-state index in [0.717, 1.165) is 16.9 Å². The van der Waals surface area contributed by atoms with Gasteiger partial charge in [-0.05, 0) is 37.1 Å². The van der Waals surface area contributed by atoms with Crippen LogP contribution in [0.3, 0.4) is 0 Å². The average Bonchev–Trinajstić information content (AvgIpc) is 2.86. The highest BCUT2D eigenvalue weighted by Gasteiger charge is 2.34. The maximum Gasteiger partial charge on any atom is 0.247 e. The van der Waals surface area contributed by atoms with Crippen molar-refractivity contribution in [2.24, 2.45) is 5.92 Å². The van der Waals surface area contributed by atoms with Gasteiger partial charge in [0, 0.05) is 23.8 Å². The number of aryl methyl sites for hydroxylation is 1. The molecule has 0 saturated carbocycles. The molecule has 0 spiro atoms. The van der Waals surface area contributed by atoms with Gasteiger partial charge >= 0.3 is 0 Å². The third-order valence-electron chi connectivity index (χ3n) is 4.80.